The average Bonchev–Trinajstić information content (AvgIpc) is 3.05. The smallest absolute Gasteiger partial charge is 0.322 e. The quantitative estimate of drug-likeness (QED) is 0.844. The maximum atomic E-state index is 12.9. The highest BCUT2D eigenvalue weighted by molar-refractivity contribution is 5.92. The molecule has 1 aliphatic carbocycles. The molecule has 3 nitrogen and oxygen atoms in total. The fraction of sp³-hybridized carbons (Fsp3) is 0.381. The third kappa shape index (κ3) is 3.78. The molecule has 1 saturated carbocycles. The summed E-state index contributed by atoms with van der Waals surface area (Å²) in [5, 5.41) is 3.38. The number of rotatable bonds is 5. The summed E-state index contributed by atoms with van der Waals surface area (Å²) >= 11 is 0. The topological polar surface area (TPSA) is 32.3 Å². The number of carbonyl (C=O) groups excluding carboxylic acids is 1. The Labute approximate surface area is 144 Å². The van der Waals surface area contributed by atoms with Gasteiger partial charge >= 0.3 is 6.03 Å². The number of amides is 2. The highest BCUT2D eigenvalue weighted by Gasteiger charge is 2.36. The molecule has 0 aromatic heterocycles. The van der Waals surface area contributed by atoms with Crippen LogP contribution >= 0.6 is 0 Å². The van der Waals surface area contributed by atoms with E-state index in [4.69, 9.17) is 0 Å². The zero-order valence-electron chi connectivity index (χ0n) is 14.4. The number of anilines is 1. The molecule has 2 aromatic rings. The molecule has 1 fully saturated rings. The van der Waals surface area contributed by atoms with Gasteiger partial charge in [-0.2, -0.15) is 0 Å². The Morgan fingerprint density at radius 3 is 2.17 bits per heavy atom. The van der Waals surface area contributed by atoms with Crippen molar-refractivity contribution in [3.05, 3.63) is 66.2 Å². The van der Waals surface area contributed by atoms with Crippen molar-refractivity contribution >= 4 is 11.7 Å². The van der Waals surface area contributed by atoms with E-state index >= 15 is 0 Å². The summed E-state index contributed by atoms with van der Waals surface area (Å²) < 4.78 is 0. The molecular formula is C21H26N2O. The number of hydrogen-bond acceptors (Lipinski definition) is 1. The fourth-order valence-corrected chi connectivity index (χ4v) is 3.73. The standard InChI is InChI=1S/C21H26N2O/c1-2-23(19-13-7-4-8-14-19)20(24)22-21(15-9-10-16-21)17-18-11-5-3-6-12-18/h3-8,11-14H,2,9-10,15-17H2,1H3,(H,22,24). The molecule has 0 unspecified atom stereocenters. The van der Waals surface area contributed by atoms with Gasteiger partial charge in [-0.1, -0.05) is 61.4 Å². The van der Waals surface area contributed by atoms with Crippen molar-refractivity contribution in [3.8, 4) is 0 Å². The van der Waals surface area contributed by atoms with Crippen molar-refractivity contribution in [2.45, 2.75) is 44.6 Å². The third-order valence-electron chi connectivity index (χ3n) is 4.95. The summed E-state index contributed by atoms with van der Waals surface area (Å²) in [6, 6.07) is 20.4. The maximum absolute atomic E-state index is 12.9. The lowest BCUT2D eigenvalue weighted by Gasteiger charge is -2.33. The number of urea groups is 1. The molecule has 0 bridgehead atoms. The van der Waals surface area contributed by atoms with Crippen molar-refractivity contribution < 1.29 is 4.79 Å². The van der Waals surface area contributed by atoms with E-state index in [0.717, 1.165) is 24.9 Å². The van der Waals surface area contributed by atoms with E-state index in [-0.39, 0.29) is 11.6 Å². The molecule has 0 heterocycles. The summed E-state index contributed by atoms with van der Waals surface area (Å²) in [7, 11) is 0. The Kier molecular flexibility index (Phi) is 5.19. The Morgan fingerprint density at radius 2 is 1.58 bits per heavy atom. The van der Waals surface area contributed by atoms with E-state index in [9.17, 15) is 4.79 Å². The number of benzene rings is 2. The molecule has 3 heteroatoms. The number of carbonyl (C=O) groups is 1. The zero-order valence-corrected chi connectivity index (χ0v) is 14.4. The van der Waals surface area contributed by atoms with E-state index < -0.39 is 0 Å². The molecule has 0 spiro atoms. The minimum atomic E-state index is -0.110. The van der Waals surface area contributed by atoms with Crippen molar-refractivity contribution in [1.29, 1.82) is 0 Å². The number of nitrogens with one attached hydrogen (secondary N) is 1. The highest BCUT2D eigenvalue weighted by Crippen LogP contribution is 2.33. The summed E-state index contributed by atoms with van der Waals surface area (Å²) in [5.74, 6) is 0. The van der Waals surface area contributed by atoms with Crippen LogP contribution < -0.4 is 10.2 Å². The summed E-state index contributed by atoms with van der Waals surface area (Å²) in [5.41, 5.74) is 2.13. The van der Waals surface area contributed by atoms with Crippen molar-refractivity contribution in [2.24, 2.45) is 0 Å². The van der Waals surface area contributed by atoms with E-state index in [1.54, 1.807) is 0 Å². The van der Waals surface area contributed by atoms with Gasteiger partial charge in [-0.3, -0.25) is 4.90 Å². The van der Waals surface area contributed by atoms with Crippen LogP contribution in [0.15, 0.2) is 60.7 Å². The molecule has 0 atom stereocenters. The largest absolute Gasteiger partial charge is 0.332 e. The first-order valence-corrected chi connectivity index (χ1v) is 8.91. The van der Waals surface area contributed by atoms with Crippen molar-refractivity contribution in [3.63, 3.8) is 0 Å². The van der Waals surface area contributed by atoms with Gasteiger partial charge in [0.1, 0.15) is 0 Å². The lowest BCUT2D eigenvalue weighted by atomic mass is 9.89. The Balaban J connectivity index is 1.76. The second-order valence-corrected chi connectivity index (χ2v) is 6.66. The van der Waals surface area contributed by atoms with Crippen LogP contribution in [-0.2, 0) is 6.42 Å². The molecule has 3 rings (SSSR count). The first-order chi connectivity index (χ1) is 11.7. The molecule has 0 radical (unpaired) electrons. The van der Waals surface area contributed by atoms with Gasteiger partial charge in [-0.05, 0) is 43.9 Å². The van der Waals surface area contributed by atoms with Crippen LogP contribution in [0.5, 0.6) is 0 Å². The second kappa shape index (κ2) is 7.52. The van der Waals surface area contributed by atoms with E-state index in [0.29, 0.717) is 6.54 Å². The molecule has 126 valence electrons. The van der Waals surface area contributed by atoms with Crippen LogP contribution in [0.3, 0.4) is 0 Å². The molecule has 0 aliphatic heterocycles. The normalized spacial score (nSPS) is 15.9. The maximum Gasteiger partial charge on any atom is 0.322 e. The van der Waals surface area contributed by atoms with Crippen LogP contribution in [-0.4, -0.2) is 18.1 Å². The first kappa shape index (κ1) is 16.6. The van der Waals surface area contributed by atoms with Crippen molar-refractivity contribution in [1.82, 2.24) is 5.32 Å². The van der Waals surface area contributed by atoms with Gasteiger partial charge in [0.2, 0.25) is 0 Å². The van der Waals surface area contributed by atoms with Crippen LogP contribution in [0.4, 0.5) is 10.5 Å². The van der Waals surface area contributed by atoms with Gasteiger partial charge < -0.3 is 5.32 Å². The summed E-state index contributed by atoms with van der Waals surface area (Å²) in [6.45, 7) is 2.68. The minimum Gasteiger partial charge on any atom is -0.332 e. The van der Waals surface area contributed by atoms with Crippen molar-refractivity contribution in [2.75, 3.05) is 11.4 Å². The average molecular weight is 322 g/mol. The van der Waals surface area contributed by atoms with Gasteiger partial charge in [0.15, 0.2) is 0 Å². The second-order valence-electron chi connectivity index (χ2n) is 6.66. The lowest BCUT2D eigenvalue weighted by Crippen LogP contribution is -2.53. The van der Waals surface area contributed by atoms with Crippen LogP contribution in [0.1, 0.15) is 38.2 Å². The molecule has 0 saturated heterocycles. The Morgan fingerprint density at radius 1 is 1.00 bits per heavy atom. The van der Waals surface area contributed by atoms with Gasteiger partial charge in [-0.15, -0.1) is 0 Å². The molecule has 1 N–H and O–H groups in total. The van der Waals surface area contributed by atoms with E-state index in [1.165, 1.54) is 18.4 Å². The summed E-state index contributed by atoms with van der Waals surface area (Å²) in [6.07, 6.45) is 5.39. The predicted octanol–water partition coefficient (Wildman–Crippen LogP) is 4.78. The van der Waals surface area contributed by atoms with Crippen LogP contribution in [0.25, 0.3) is 0 Å². The highest BCUT2D eigenvalue weighted by atomic mass is 16.2. The van der Waals surface area contributed by atoms with E-state index in [1.807, 2.05) is 48.2 Å². The van der Waals surface area contributed by atoms with Gasteiger partial charge in [0.25, 0.3) is 0 Å². The first-order valence-electron chi connectivity index (χ1n) is 8.91. The minimum absolute atomic E-state index is 0.0153. The third-order valence-corrected chi connectivity index (χ3v) is 4.95. The monoisotopic (exact) mass is 322 g/mol. The zero-order chi connectivity index (χ0) is 16.8. The predicted molar refractivity (Wildman–Crippen MR) is 99.3 cm³/mol. The SMILES string of the molecule is CCN(C(=O)NC1(Cc2ccccc2)CCCC1)c1ccccc1. The Bertz CT molecular complexity index is 648. The van der Waals surface area contributed by atoms with Crippen LogP contribution in [0.2, 0.25) is 0 Å². The molecular weight excluding hydrogens is 296 g/mol. The fourth-order valence-electron chi connectivity index (χ4n) is 3.73. The lowest BCUT2D eigenvalue weighted by molar-refractivity contribution is 0.230. The molecule has 2 aromatic carbocycles. The van der Waals surface area contributed by atoms with E-state index in [2.05, 4.69) is 29.6 Å². The summed E-state index contributed by atoms with van der Waals surface area (Å²) in [4.78, 5) is 14.8. The van der Waals surface area contributed by atoms with Crippen LogP contribution in [0, 0.1) is 0 Å². The number of para-hydroxylation sites is 1. The number of nitrogens with zero attached hydrogens (tertiary/aromatic N) is 1. The van der Waals surface area contributed by atoms with Gasteiger partial charge in [0, 0.05) is 17.8 Å². The Hall–Kier alpha value is -2.29. The van der Waals surface area contributed by atoms with Gasteiger partial charge in [0.05, 0.1) is 0 Å². The van der Waals surface area contributed by atoms with Gasteiger partial charge in [-0.25, -0.2) is 4.79 Å². The molecule has 1 aliphatic rings. The molecule has 24 heavy (non-hydrogen) atoms. The number of hydrogen-bond donors (Lipinski definition) is 1. The molecule has 2 amide bonds.